The summed E-state index contributed by atoms with van der Waals surface area (Å²) in [5, 5.41) is 9.29. The largest absolute Gasteiger partial charge is 0.393 e. The third kappa shape index (κ3) is 4.14. The molecule has 0 aliphatic carbocycles. The summed E-state index contributed by atoms with van der Waals surface area (Å²) < 4.78 is 26.9. The van der Waals surface area contributed by atoms with Crippen LogP contribution >= 0.6 is 27.3 Å². The Morgan fingerprint density at radius 2 is 2.25 bits per heavy atom. The maximum absolute atomic E-state index is 11.7. The molecule has 0 aromatic carbocycles. The molecule has 0 spiro atoms. The number of aliphatic hydroxyl groups excluding tert-OH is 1. The van der Waals surface area contributed by atoms with Gasteiger partial charge in [-0.3, -0.25) is 0 Å². The van der Waals surface area contributed by atoms with Crippen molar-refractivity contribution < 1.29 is 13.5 Å². The zero-order chi connectivity index (χ0) is 12.2. The lowest BCUT2D eigenvalue weighted by atomic mass is 10.2. The van der Waals surface area contributed by atoms with Gasteiger partial charge in [0.1, 0.15) is 4.21 Å². The third-order valence-electron chi connectivity index (χ3n) is 2.05. The Morgan fingerprint density at radius 3 is 2.75 bits per heavy atom. The zero-order valence-corrected chi connectivity index (χ0v) is 12.0. The first-order valence-corrected chi connectivity index (χ1v) is 7.98. The second-order valence-electron chi connectivity index (χ2n) is 3.31. The molecule has 7 heteroatoms. The Balaban J connectivity index is 2.53. The van der Waals surface area contributed by atoms with E-state index in [9.17, 15) is 13.5 Å². The molecule has 0 fully saturated rings. The molecule has 1 heterocycles. The smallest absolute Gasteiger partial charge is 0.250 e. The number of hydrogen-bond acceptors (Lipinski definition) is 4. The minimum Gasteiger partial charge on any atom is -0.393 e. The van der Waals surface area contributed by atoms with Crippen LogP contribution in [0.2, 0.25) is 0 Å². The van der Waals surface area contributed by atoms with E-state index in [-0.39, 0.29) is 10.8 Å². The number of aliphatic hydroxyl groups is 1. The number of sulfonamides is 1. The van der Waals surface area contributed by atoms with Crippen LogP contribution in [0, 0.1) is 0 Å². The Bertz CT molecular complexity index is 430. The van der Waals surface area contributed by atoms with Crippen LogP contribution < -0.4 is 4.72 Å². The van der Waals surface area contributed by atoms with E-state index in [1.54, 1.807) is 12.1 Å². The molecule has 1 atom stereocenters. The van der Waals surface area contributed by atoms with Crippen LogP contribution in [0.4, 0.5) is 0 Å². The van der Waals surface area contributed by atoms with Crippen molar-refractivity contribution in [2.45, 2.75) is 30.1 Å². The molecule has 0 bridgehead atoms. The van der Waals surface area contributed by atoms with Crippen molar-refractivity contribution in [2.75, 3.05) is 6.54 Å². The second kappa shape index (κ2) is 6.11. The predicted molar refractivity (Wildman–Crippen MR) is 68.1 cm³/mol. The highest BCUT2D eigenvalue weighted by Crippen LogP contribution is 2.25. The van der Waals surface area contributed by atoms with Crippen molar-refractivity contribution in [3.63, 3.8) is 0 Å². The fourth-order valence-corrected chi connectivity index (χ4v) is 4.18. The minimum atomic E-state index is -3.42. The van der Waals surface area contributed by atoms with E-state index in [0.717, 1.165) is 15.1 Å². The van der Waals surface area contributed by atoms with Crippen LogP contribution in [0.15, 0.2) is 20.1 Å². The molecule has 0 saturated heterocycles. The average molecular weight is 328 g/mol. The van der Waals surface area contributed by atoms with Crippen LogP contribution in [0.25, 0.3) is 0 Å². The molecule has 0 amide bonds. The molecule has 0 saturated carbocycles. The van der Waals surface area contributed by atoms with Gasteiger partial charge in [-0.2, -0.15) is 0 Å². The molecule has 2 N–H and O–H groups in total. The second-order valence-corrected chi connectivity index (χ2v) is 7.76. The SMILES string of the molecule is CCC(O)CCNS(=O)(=O)c1ccc(Br)s1. The van der Waals surface area contributed by atoms with Gasteiger partial charge in [-0.1, -0.05) is 6.92 Å². The van der Waals surface area contributed by atoms with Crippen LogP contribution in [0.1, 0.15) is 19.8 Å². The number of hydrogen-bond donors (Lipinski definition) is 2. The molecule has 16 heavy (non-hydrogen) atoms. The standard InChI is InChI=1S/C9H14BrNO3S2/c1-2-7(12)5-6-11-16(13,14)9-4-3-8(10)15-9/h3-4,7,11-12H,2,5-6H2,1H3. The zero-order valence-electron chi connectivity index (χ0n) is 8.81. The molecule has 1 rings (SSSR count). The number of thiophene rings is 1. The maximum atomic E-state index is 11.7. The lowest BCUT2D eigenvalue weighted by molar-refractivity contribution is 0.162. The first kappa shape index (κ1) is 14.1. The van der Waals surface area contributed by atoms with Gasteiger partial charge in [0.25, 0.3) is 0 Å². The van der Waals surface area contributed by atoms with E-state index in [4.69, 9.17) is 0 Å². The van der Waals surface area contributed by atoms with E-state index >= 15 is 0 Å². The van der Waals surface area contributed by atoms with Crippen molar-refractivity contribution in [1.29, 1.82) is 0 Å². The molecular formula is C9H14BrNO3S2. The monoisotopic (exact) mass is 327 g/mol. The van der Waals surface area contributed by atoms with Gasteiger partial charge in [0.05, 0.1) is 9.89 Å². The fraction of sp³-hybridized carbons (Fsp3) is 0.556. The lowest BCUT2D eigenvalue weighted by Gasteiger charge is -2.08. The summed E-state index contributed by atoms with van der Waals surface area (Å²) in [6, 6.07) is 3.24. The molecule has 0 aliphatic rings. The van der Waals surface area contributed by atoms with Crippen LogP contribution in [-0.2, 0) is 10.0 Å². The van der Waals surface area contributed by atoms with E-state index in [2.05, 4.69) is 20.7 Å². The molecule has 0 radical (unpaired) electrons. The number of rotatable bonds is 6. The summed E-state index contributed by atoms with van der Waals surface area (Å²) in [6.07, 6.45) is 0.618. The third-order valence-corrected chi connectivity index (χ3v) is 5.63. The summed E-state index contributed by atoms with van der Waals surface area (Å²) in [5.41, 5.74) is 0. The molecule has 4 nitrogen and oxygen atoms in total. The lowest BCUT2D eigenvalue weighted by Crippen LogP contribution is -2.26. The summed E-state index contributed by atoms with van der Waals surface area (Å²) >= 11 is 4.38. The Morgan fingerprint density at radius 1 is 1.56 bits per heavy atom. The highest BCUT2D eigenvalue weighted by Gasteiger charge is 2.16. The van der Waals surface area contributed by atoms with E-state index in [1.165, 1.54) is 0 Å². The van der Waals surface area contributed by atoms with Gasteiger partial charge in [0.15, 0.2) is 0 Å². The average Bonchev–Trinajstić information content (AvgIpc) is 2.65. The highest BCUT2D eigenvalue weighted by atomic mass is 79.9. The summed E-state index contributed by atoms with van der Waals surface area (Å²) in [5.74, 6) is 0. The normalized spacial score (nSPS) is 13.9. The Labute approximate surface area is 108 Å². The predicted octanol–water partition coefficient (Wildman–Crippen LogP) is 1.95. The minimum absolute atomic E-state index is 0.257. The van der Waals surface area contributed by atoms with Gasteiger partial charge in [-0.25, -0.2) is 13.1 Å². The van der Waals surface area contributed by atoms with Crippen LogP contribution in [0.5, 0.6) is 0 Å². The summed E-state index contributed by atoms with van der Waals surface area (Å²) in [7, 11) is -3.42. The Kier molecular flexibility index (Phi) is 5.39. The quantitative estimate of drug-likeness (QED) is 0.839. The van der Waals surface area contributed by atoms with Crippen molar-refractivity contribution in [1.82, 2.24) is 4.72 Å². The van der Waals surface area contributed by atoms with Gasteiger partial charge in [0.2, 0.25) is 10.0 Å². The topological polar surface area (TPSA) is 66.4 Å². The van der Waals surface area contributed by atoms with Gasteiger partial charge in [-0.05, 0) is 40.9 Å². The van der Waals surface area contributed by atoms with Crippen LogP contribution in [-0.4, -0.2) is 26.2 Å². The van der Waals surface area contributed by atoms with E-state index in [0.29, 0.717) is 12.8 Å². The fourth-order valence-electron chi connectivity index (χ4n) is 1.08. The van der Waals surface area contributed by atoms with Crippen molar-refractivity contribution >= 4 is 37.3 Å². The first-order valence-electron chi connectivity index (χ1n) is 4.88. The summed E-state index contributed by atoms with van der Waals surface area (Å²) in [6.45, 7) is 2.11. The molecule has 0 aliphatic heterocycles. The summed E-state index contributed by atoms with van der Waals surface area (Å²) in [4.78, 5) is 0. The highest BCUT2D eigenvalue weighted by molar-refractivity contribution is 9.11. The first-order chi connectivity index (χ1) is 7.45. The van der Waals surface area contributed by atoms with Crippen molar-refractivity contribution in [3.8, 4) is 0 Å². The van der Waals surface area contributed by atoms with Gasteiger partial charge in [0, 0.05) is 6.54 Å². The van der Waals surface area contributed by atoms with Gasteiger partial charge >= 0.3 is 0 Å². The number of halogens is 1. The molecule has 1 aromatic rings. The molecule has 1 unspecified atom stereocenters. The van der Waals surface area contributed by atoms with Gasteiger partial charge < -0.3 is 5.11 Å². The van der Waals surface area contributed by atoms with Crippen molar-refractivity contribution in [2.24, 2.45) is 0 Å². The maximum Gasteiger partial charge on any atom is 0.250 e. The Hall–Kier alpha value is 0.0500. The number of nitrogens with one attached hydrogen (secondary N) is 1. The van der Waals surface area contributed by atoms with Crippen molar-refractivity contribution in [3.05, 3.63) is 15.9 Å². The molecule has 92 valence electrons. The van der Waals surface area contributed by atoms with E-state index in [1.807, 2.05) is 6.92 Å². The van der Waals surface area contributed by atoms with Gasteiger partial charge in [-0.15, -0.1) is 11.3 Å². The van der Waals surface area contributed by atoms with E-state index < -0.39 is 16.1 Å². The molecule has 1 aromatic heterocycles. The van der Waals surface area contributed by atoms with Crippen LogP contribution in [0.3, 0.4) is 0 Å². The molecular weight excluding hydrogens is 314 g/mol.